The Kier molecular flexibility index (Phi) is 5.96. The lowest BCUT2D eigenvalue weighted by atomic mass is 10.2. The second kappa shape index (κ2) is 8.37. The van der Waals surface area contributed by atoms with Gasteiger partial charge in [-0.1, -0.05) is 23.7 Å². The summed E-state index contributed by atoms with van der Waals surface area (Å²) >= 11 is 9.03. The molecule has 0 aliphatic heterocycles. The summed E-state index contributed by atoms with van der Waals surface area (Å²) in [6.07, 6.45) is 3.67. The summed E-state index contributed by atoms with van der Waals surface area (Å²) in [6, 6.07) is 13.6. The first kappa shape index (κ1) is 17.1. The van der Waals surface area contributed by atoms with E-state index in [0.29, 0.717) is 12.3 Å². The predicted octanol–water partition coefficient (Wildman–Crippen LogP) is 4.52. The number of hydrogen-bond donors (Lipinski definition) is 1. The van der Waals surface area contributed by atoms with Crippen LogP contribution < -0.4 is 5.32 Å². The lowest BCUT2D eigenvalue weighted by Crippen LogP contribution is -2.14. The van der Waals surface area contributed by atoms with Gasteiger partial charge >= 0.3 is 0 Å². The van der Waals surface area contributed by atoms with E-state index in [-0.39, 0.29) is 5.91 Å². The number of carbonyl (C=O) groups is 1. The molecule has 0 saturated heterocycles. The van der Waals surface area contributed by atoms with Gasteiger partial charge in [0.25, 0.3) is 0 Å². The maximum Gasteiger partial charge on any atom is 0.234 e. The van der Waals surface area contributed by atoms with Crippen LogP contribution in [0.1, 0.15) is 10.4 Å². The van der Waals surface area contributed by atoms with Crippen LogP contribution in [0.2, 0.25) is 4.34 Å². The van der Waals surface area contributed by atoms with Crippen LogP contribution in [0.15, 0.2) is 54.9 Å². The van der Waals surface area contributed by atoms with Gasteiger partial charge in [0, 0.05) is 28.7 Å². The SMILES string of the molecule is O=C(CSCc1ccc(Cl)s1)Nc1cccc(Cn2cccn2)c1. The van der Waals surface area contributed by atoms with E-state index in [2.05, 4.69) is 10.4 Å². The second-order valence-corrected chi connectivity index (χ2v) is 7.94. The molecule has 124 valence electrons. The van der Waals surface area contributed by atoms with E-state index in [1.165, 1.54) is 4.88 Å². The Morgan fingerprint density at radius 2 is 2.21 bits per heavy atom. The molecule has 3 aromatic rings. The van der Waals surface area contributed by atoms with Crippen molar-refractivity contribution in [2.24, 2.45) is 0 Å². The average molecular weight is 378 g/mol. The molecule has 1 N–H and O–H groups in total. The van der Waals surface area contributed by atoms with Crippen LogP contribution >= 0.6 is 34.7 Å². The van der Waals surface area contributed by atoms with Crippen molar-refractivity contribution < 1.29 is 4.79 Å². The zero-order chi connectivity index (χ0) is 16.8. The fourth-order valence-corrected chi connectivity index (χ4v) is 4.22. The van der Waals surface area contributed by atoms with E-state index in [1.54, 1.807) is 29.3 Å². The number of nitrogens with zero attached hydrogens (tertiary/aromatic N) is 2. The van der Waals surface area contributed by atoms with E-state index in [9.17, 15) is 4.79 Å². The first-order valence-electron chi connectivity index (χ1n) is 7.37. The van der Waals surface area contributed by atoms with E-state index in [0.717, 1.165) is 21.3 Å². The molecule has 0 spiro atoms. The van der Waals surface area contributed by atoms with Crippen molar-refractivity contribution in [3.63, 3.8) is 0 Å². The van der Waals surface area contributed by atoms with Crippen LogP contribution in [0.4, 0.5) is 5.69 Å². The third kappa shape index (κ3) is 5.12. The number of aromatic nitrogens is 2. The number of thioether (sulfide) groups is 1. The average Bonchev–Trinajstić information content (AvgIpc) is 3.19. The number of anilines is 1. The Bertz CT molecular complexity index is 802. The van der Waals surface area contributed by atoms with Crippen LogP contribution in [-0.2, 0) is 17.1 Å². The lowest BCUT2D eigenvalue weighted by Gasteiger charge is -2.07. The fourth-order valence-electron chi connectivity index (χ4n) is 2.20. The Balaban J connectivity index is 1.48. The molecular weight excluding hydrogens is 362 g/mol. The van der Waals surface area contributed by atoms with Crippen LogP contribution in [-0.4, -0.2) is 21.4 Å². The highest BCUT2D eigenvalue weighted by molar-refractivity contribution is 7.99. The number of benzene rings is 1. The summed E-state index contributed by atoms with van der Waals surface area (Å²) in [5.74, 6) is 1.21. The van der Waals surface area contributed by atoms with Crippen molar-refractivity contribution in [1.82, 2.24) is 9.78 Å². The predicted molar refractivity (Wildman–Crippen MR) is 102 cm³/mol. The van der Waals surface area contributed by atoms with Crippen LogP contribution in [0, 0.1) is 0 Å². The summed E-state index contributed by atoms with van der Waals surface area (Å²) < 4.78 is 2.63. The number of carbonyl (C=O) groups excluding carboxylic acids is 1. The molecule has 0 aliphatic rings. The molecule has 3 rings (SSSR count). The minimum Gasteiger partial charge on any atom is -0.325 e. The highest BCUT2D eigenvalue weighted by Gasteiger charge is 2.05. The zero-order valence-corrected chi connectivity index (χ0v) is 15.2. The maximum absolute atomic E-state index is 12.1. The van der Waals surface area contributed by atoms with Gasteiger partial charge in [-0.25, -0.2) is 0 Å². The van der Waals surface area contributed by atoms with E-state index in [1.807, 2.05) is 53.3 Å². The molecule has 1 aromatic carbocycles. The van der Waals surface area contributed by atoms with Gasteiger partial charge in [0.1, 0.15) is 0 Å². The molecule has 2 heterocycles. The number of nitrogens with one attached hydrogen (secondary N) is 1. The van der Waals surface area contributed by atoms with E-state index in [4.69, 9.17) is 11.6 Å². The molecule has 24 heavy (non-hydrogen) atoms. The maximum atomic E-state index is 12.1. The smallest absolute Gasteiger partial charge is 0.234 e. The first-order valence-corrected chi connectivity index (χ1v) is 9.72. The van der Waals surface area contributed by atoms with Gasteiger partial charge in [0.15, 0.2) is 0 Å². The standard InChI is InChI=1S/C17H16ClN3OS2/c18-16-6-5-15(24-16)11-23-12-17(22)20-14-4-1-3-13(9-14)10-21-8-2-7-19-21/h1-9H,10-12H2,(H,20,22). The molecule has 4 nitrogen and oxygen atoms in total. The minimum absolute atomic E-state index is 0.00103. The van der Waals surface area contributed by atoms with Gasteiger partial charge in [-0.15, -0.1) is 23.1 Å². The monoisotopic (exact) mass is 377 g/mol. The molecule has 0 aliphatic carbocycles. The van der Waals surface area contributed by atoms with Crippen LogP contribution in [0.3, 0.4) is 0 Å². The quantitative estimate of drug-likeness (QED) is 0.658. The molecule has 0 atom stereocenters. The second-order valence-electron chi connectivity index (χ2n) is 5.15. The van der Waals surface area contributed by atoms with Gasteiger partial charge in [0.2, 0.25) is 5.91 Å². The van der Waals surface area contributed by atoms with Gasteiger partial charge in [-0.05, 0) is 35.9 Å². The highest BCUT2D eigenvalue weighted by Crippen LogP contribution is 2.25. The molecule has 7 heteroatoms. The van der Waals surface area contributed by atoms with Crippen molar-refractivity contribution in [1.29, 1.82) is 0 Å². The molecule has 0 bridgehead atoms. The largest absolute Gasteiger partial charge is 0.325 e. The molecule has 1 amide bonds. The number of amides is 1. The Labute approximate surface area is 153 Å². The molecular formula is C17H16ClN3OS2. The summed E-state index contributed by atoms with van der Waals surface area (Å²) in [7, 11) is 0. The van der Waals surface area contributed by atoms with Crippen molar-refractivity contribution >= 4 is 46.3 Å². The molecule has 0 saturated carbocycles. The van der Waals surface area contributed by atoms with Gasteiger partial charge in [-0.2, -0.15) is 5.10 Å². The third-order valence-corrected chi connectivity index (χ3v) is 5.62. The minimum atomic E-state index is -0.00103. The topological polar surface area (TPSA) is 46.9 Å². The number of thiophene rings is 1. The van der Waals surface area contributed by atoms with Gasteiger partial charge in [-0.3, -0.25) is 9.48 Å². The number of rotatable bonds is 7. The Hall–Kier alpha value is -1.76. The summed E-state index contributed by atoms with van der Waals surface area (Å²) in [6.45, 7) is 0.685. The third-order valence-electron chi connectivity index (χ3n) is 3.22. The normalized spacial score (nSPS) is 10.7. The first-order chi connectivity index (χ1) is 11.7. The van der Waals surface area contributed by atoms with Crippen molar-refractivity contribution in [2.75, 3.05) is 11.1 Å². The Morgan fingerprint density at radius 3 is 2.96 bits per heavy atom. The summed E-state index contributed by atoms with van der Waals surface area (Å²) in [5.41, 5.74) is 1.90. The highest BCUT2D eigenvalue weighted by atomic mass is 35.5. The fraction of sp³-hybridized carbons (Fsp3) is 0.176. The zero-order valence-electron chi connectivity index (χ0n) is 12.8. The van der Waals surface area contributed by atoms with E-state index >= 15 is 0 Å². The Morgan fingerprint density at radius 1 is 1.29 bits per heavy atom. The van der Waals surface area contributed by atoms with Crippen molar-refractivity contribution in [3.8, 4) is 0 Å². The van der Waals surface area contributed by atoms with Crippen LogP contribution in [0.5, 0.6) is 0 Å². The molecule has 2 aromatic heterocycles. The number of halogens is 1. The van der Waals surface area contributed by atoms with Crippen LogP contribution in [0.25, 0.3) is 0 Å². The summed E-state index contributed by atoms with van der Waals surface area (Å²) in [4.78, 5) is 13.2. The van der Waals surface area contributed by atoms with Crippen molar-refractivity contribution in [2.45, 2.75) is 12.3 Å². The van der Waals surface area contributed by atoms with Gasteiger partial charge in [0.05, 0.1) is 16.6 Å². The lowest BCUT2D eigenvalue weighted by molar-refractivity contribution is -0.113. The molecule has 0 unspecified atom stereocenters. The van der Waals surface area contributed by atoms with Gasteiger partial charge < -0.3 is 5.32 Å². The summed E-state index contributed by atoms with van der Waals surface area (Å²) in [5, 5.41) is 7.13. The van der Waals surface area contributed by atoms with E-state index < -0.39 is 0 Å². The number of hydrogen-bond acceptors (Lipinski definition) is 4. The molecule has 0 fully saturated rings. The molecule has 0 radical (unpaired) electrons. The van der Waals surface area contributed by atoms with Crippen molar-refractivity contribution in [3.05, 3.63) is 69.6 Å².